The third-order valence-corrected chi connectivity index (χ3v) is 7.79. The molecule has 3 amide bonds. The number of hydrogen-bond acceptors (Lipinski definition) is 5. The number of aldehydes is 1. The van der Waals surface area contributed by atoms with Crippen LogP contribution in [0.15, 0.2) is 24.4 Å². The summed E-state index contributed by atoms with van der Waals surface area (Å²) in [6, 6.07) is 2.65. The van der Waals surface area contributed by atoms with Gasteiger partial charge < -0.3 is 20.7 Å². The Morgan fingerprint density at radius 2 is 1.71 bits per heavy atom. The fraction of sp³-hybridized carbons (Fsp3) is 0.552. The molecule has 4 rings (SSSR count). The monoisotopic (exact) mass is 593 g/mol. The Morgan fingerprint density at radius 3 is 2.26 bits per heavy atom. The van der Waals surface area contributed by atoms with Gasteiger partial charge in [-0.3, -0.25) is 19.1 Å². The van der Waals surface area contributed by atoms with Gasteiger partial charge in [0.2, 0.25) is 11.8 Å². The van der Waals surface area contributed by atoms with Crippen molar-refractivity contribution in [2.75, 3.05) is 11.9 Å². The topological polar surface area (TPSA) is 122 Å². The van der Waals surface area contributed by atoms with Gasteiger partial charge in [-0.2, -0.15) is 18.3 Å². The average Bonchev–Trinajstić information content (AvgIpc) is 3.87. The quantitative estimate of drug-likeness (QED) is 0.236. The van der Waals surface area contributed by atoms with Crippen LogP contribution in [0, 0.1) is 23.6 Å². The molecule has 0 aliphatic heterocycles. The fourth-order valence-corrected chi connectivity index (χ4v) is 5.44. The van der Waals surface area contributed by atoms with E-state index in [2.05, 4.69) is 15.7 Å². The SMILES string of the molecule is CC(C(=O)NCC(F)(F)F)c1cc(F)c(NC(=O)[C@@H](NC(=O)c2ccnn2C(C)C)C(C2CC2)C2CC2)cc1CC=O. The van der Waals surface area contributed by atoms with E-state index >= 15 is 4.39 Å². The molecule has 0 radical (unpaired) electrons. The molecule has 0 saturated heterocycles. The van der Waals surface area contributed by atoms with Crippen LogP contribution in [0.5, 0.6) is 0 Å². The zero-order chi connectivity index (χ0) is 30.8. The molecule has 13 heteroatoms. The van der Waals surface area contributed by atoms with Crippen LogP contribution in [-0.2, 0) is 20.8 Å². The molecule has 2 atom stereocenters. The number of hydrogen-bond donors (Lipinski definition) is 3. The van der Waals surface area contributed by atoms with Crippen LogP contribution in [0.3, 0.4) is 0 Å². The van der Waals surface area contributed by atoms with Gasteiger partial charge in [-0.05, 0) is 93.5 Å². The van der Waals surface area contributed by atoms with Crippen LogP contribution in [0.4, 0.5) is 23.2 Å². The second-order valence-electron chi connectivity index (χ2n) is 11.4. The number of alkyl halides is 3. The number of benzene rings is 1. The molecule has 1 aromatic carbocycles. The summed E-state index contributed by atoms with van der Waals surface area (Å²) in [6.45, 7) is 3.49. The maximum Gasteiger partial charge on any atom is 0.405 e. The maximum absolute atomic E-state index is 15.3. The lowest BCUT2D eigenvalue weighted by Gasteiger charge is -2.28. The molecule has 3 N–H and O–H groups in total. The molecule has 2 aromatic rings. The highest BCUT2D eigenvalue weighted by atomic mass is 19.4. The van der Waals surface area contributed by atoms with E-state index in [9.17, 15) is 32.3 Å². The Balaban J connectivity index is 1.59. The van der Waals surface area contributed by atoms with Gasteiger partial charge in [-0.25, -0.2) is 4.39 Å². The zero-order valence-corrected chi connectivity index (χ0v) is 23.6. The lowest BCUT2D eigenvalue weighted by molar-refractivity contribution is -0.139. The standard InChI is InChI=1S/C29H35F4N5O4/c1-15(2)38-23(8-10-35-38)27(41)37-25(24(17-4-5-17)18-6-7-18)28(42)36-22-12-19(9-11-39)20(13-21(22)30)16(3)26(40)34-14-29(31,32)33/h8,10-13,15-18,24-25H,4-7,9,14H2,1-3H3,(H,34,40)(H,36,42)(H,37,41)/t16?,25-/m0/s1. The molecule has 1 aromatic heterocycles. The Hall–Kier alpha value is -3.77. The van der Waals surface area contributed by atoms with Gasteiger partial charge in [0.05, 0.1) is 11.6 Å². The van der Waals surface area contributed by atoms with E-state index in [0.29, 0.717) is 6.29 Å². The normalized spacial score (nSPS) is 16.7. The fourth-order valence-electron chi connectivity index (χ4n) is 5.44. The van der Waals surface area contributed by atoms with Gasteiger partial charge in [0.15, 0.2) is 0 Å². The second kappa shape index (κ2) is 12.6. The number of carbonyl (C=O) groups is 4. The number of rotatable bonds is 13. The predicted molar refractivity (Wildman–Crippen MR) is 145 cm³/mol. The van der Waals surface area contributed by atoms with Crippen LogP contribution in [0.25, 0.3) is 0 Å². The van der Waals surface area contributed by atoms with Crippen molar-refractivity contribution in [3.05, 3.63) is 47.0 Å². The Labute approximate surface area is 240 Å². The Kier molecular flexibility index (Phi) is 9.37. The molecule has 2 aliphatic rings. The van der Waals surface area contributed by atoms with Crippen LogP contribution >= 0.6 is 0 Å². The number of carbonyl (C=O) groups excluding carboxylic acids is 4. The number of amides is 3. The van der Waals surface area contributed by atoms with E-state index in [1.807, 2.05) is 13.8 Å². The molecule has 2 saturated carbocycles. The number of nitrogens with zero attached hydrogens (tertiary/aromatic N) is 2. The molecule has 2 aliphatic carbocycles. The Bertz CT molecular complexity index is 1320. The smallest absolute Gasteiger partial charge is 0.346 e. The number of anilines is 1. The lowest BCUT2D eigenvalue weighted by atomic mass is 9.88. The van der Waals surface area contributed by atoms with Crippen molar-refractivity contribution < 1.29 is 36.7 Å². The van der Waals surface area contributed by atoms with Gasteiger partial charge in [0.1, 0.15) is 30.4 Å². The van der Waals surface area contributed by atoms with Crippen LogP contribution in [0.2, 0.25) is 0 Å². The van der Waals surface area contributed by atoms with E-state index in [4.69, 9.17) is 0 Å². The maximum atomic E-state index is 15.3. The highest BCUT2D eigenvalue weighted by molar-refractivity contribution is 6.01. The summed E-state index contributed by atoms with van der Waals surface area (Å²) in [6.07, 6.45) is 0.814. The minimum absolute atomic E-state index is 0.0258. The van der Waals surface area contributed by atoms with Crippen LogP contribution in [-0.4, -0.2) is 52.6 Å². The highest BCUT2D eigenvalue weighted by Crippen LogP contribution is 2.51. The summed E-state index contributed by atoms with van der Waals surface area (Å²) in [5.41, 5.74) is 0.228. The predicted octanol–water partition coefficient (Wildman–Crippen LogP) is 4.30. The minimum Gasteiger partial charge on any atom is -0.346 e. The summed E-state index contributed by atoms with van der Waals surface area (Å²) >= 11 is 0. The van der Waals surface area contributed by atoms with E-state index < -0.39 is 48.2 Å². The van der Waals surface area contributed by atoms with E-state index in [-0.39, 0.29) is 52.7 Å². The van der Waals surface area contributed by atoms with Gasteiger partial charge >= 0.3 is 6.18 Å². The number of halogens is 4. The summed E-state index contributed by atoms with van der Waals surface area (Å²) in [7, 11) is 0. The molecule has 0 spiro atoms. The van der Waals surface area contributed by atoms with E-state index in [1.165, 1.54) is 19.2 Å². The first-order valence-electron chi connectivity index (χ1n) is 14.1. The van der Waals surface area contributed by atoms with Gasteiger partial charge in [-0.15, -0.1) is 0 Å². The molecular formula is C29H35F4N5O4. The Morgan fingerprint density at radius 1 is 1.07 bits per heavy atom. The van der Waals surface area contributed by atoms with E-state index in [0.717, 1.165) is 31.7 Å². The summed E-state index contributed by atoms with van der Waals surface area (Å²) in [4.78, 5) is 50.8. The van der Waals surface area contributed by atoms with Crippen molar-refractivity contribution in [2.45, 2.75) is 77.1 Å². The molecular weight excluding hydrogens is 558 g/mol. The van der Waals surface area contributed by atoms with Crippen molar-refractivity contribution in [3.8, 4) is 0 Å². The van der Waals surface area contributed by atoms with Gasteiger partial charge in [-0.1, -0.05) is 0 Å². The van der Waals surface area contributed by atoms with Crippen molar-refractivity contribution in [1.82, 2.24) is 20.4 Å². The van der Waals surface area contributed by atoms with Crippen molar-refractivity contribution in [2.24, 2.45) is 17.8 Å². The molecule has 1 heterocycles. The zero-order valence-electron chi connectivity index (χ0n) is 23.6. The van der Waals surface area contributed by atoms with Gasteiger partial charge in [0.25, 0.3) is 5.91 Å². The van der Waals surface area contributed by atoms with Crippen LogP contribution in [0.1, 0.15) is 80.0 Å². The summed E-state index contributed by atoms with van der Waals surface area (Å²) in [5, 5.41) is 11.4. The molecule has 42 heavy (non-hydrogen) atoms. The average molecular weight is 594 g/mol. The van der Waals surface area contributed by atoms with Crippen LogP contribution < -0.4 is 16.0 Å². The van der Waals surface area contributed by atoms with Crippen molar-refractivity contribution >= 4 is 29.7 Å². The molecule has 0 bridgehead atoms. The molecule has 9 nitrogen and oxygen atoms in total. The summed E-state index contributed by atoms with van der Waals surface area (Å²) in [5.74, 6) is -3.87. The highest BCUT2D eigenvalue weighted by Gasteiger charge is 2.48. The van der Waals surface area contributed by atoms with Crippen molar-refractivity contribution in [3.63, 3.8) is 0 Å². The largest absolute Gasteiger partial charge is 0.405 e. The van der Waals surface area contributed by atoms with E-state index in [1.54, 1.807) is 16.1 Å². The molecule has 228 valence electrons. The minimum atomic E-state index is -4.63. The molecule has 1 unspecified atom stereocenters. The number of nitrogens with one attached hydrogen (secondary N) is 3. The molecule has 2 fully saturated rings. The third-order valence-electron chi connectivity index (χ3n) is 7.79. The third kappa shape index (κ3) is 7.54. The first-order valence-corrected chi connectivity index (χ1v) is 14.1. The summed E-state index contributed by atoms with van der Waals surface area (Å²) < 4.78 is 54.6. The first kappa shape index (κ1) is 31.2. The lowest BCUT2D eigenvalue weighted by Crippen LogP contribution is -2.50. The first-order chi connectivity index (χ1) is 19.8. The number of aromatic nitrogens is 2. The van der Waals surface area contributed by atoms with Gasteiger partial charge in [0, 0.05) is 18.7 Å². The second-order valence-corrected chi connectivity index (χ2v) is 11.4. The van der Waals surface area contributed by atoms with Crippen molar-refractivity contribution in [1.29, 1.82) is 0 Å².